The SMILES string of the molecule is C=CCCCCCC(CCC1CCCCO1)NC. The Morgan fingerprint density at radius 1 is 1.28 bits per heavy atom. The van der Waals surface area contributed by atoms with Crippen LogP contribution >= 0.6 is 0 Å². The second kappa shape index (κ2) is 10.6. The fraction of sp³-hybridized carbons (Fsp3) is 0.875. The number of hydrogen-bond donors (Lipinski definition) is 1. The molecule has 0 aliphatic carbocycles. The molecule has 2 atom stereocenters. The third-order valence-corrected chi connectivity index (χ3v) is 3.98. The summed E-state index contributed by atoms with van der Waals surface area (Å²) in [5.41, 5.74) is 0. The van der Waals surface area contributed by atoms with Gasteiger partial charge in [0.05, 0.1) is 6.10 Å². The third-order valence-electron chi connectivity index (χ3n) is 3.98. The molecule has 1 heterocycles. The largest absolute Gasteiger partial charge is 0.378 e. The van der Waals surface area contributed by atoms with Crippen LogP contribution in [0.4, 0.5) is 0 Å². The summed E-state index contributed by atoms with van der Waals surface area (Å²) in [6.07, 6.45) is 15.4. The van der Waals surface area contributed by atoms with E-state index in [-0.39, 0.29) is 0 Å². The standard InChI is InChI=1S/C16H31NO/c1-3-4-5-6-7-10-15(17-2)12-13-16-11-8-9-14-18-16/h3,15-17H,1,4-14H2,2H3. The minimum absolute atomic E-state index is 0.537. The lowest BCUT2D eigenvalue weighted by molar-refractivity contribution is 0.00853. The summed E-state index contributed by atoms with van der Waals surface area (Å²) in [6.45, 7) is 4.75. The minimum Gasteiger partial charge on any atom is -0.378 e. The Morgan fingerprint density at radius 2 is 2.17 bits per heavy atom. The highest BCUT2D eigenvalue weighted by molar-refractivity contribution is 4.71. The van der Waals surface area contributed by atoms with Crippen molar-refractivity contribution >= 4 is 0 Å². The van der Waals surface area contributed by atoms with E-state index in [2.05, 4.69) is 18.9 Å². The Kier molecular flexibility index (Phi) is 9.23. The number of rotatable bonds is 10. The summed E-state index contributed by atoms with van der Waals surface area (Å²) in [5, 5.41) is 3.46. The first kappa shape index (κ1) is 15.7. The van der Waals surface area contributed by atoms with Gasteiger partial charge in [-0.2, -0.15) is 0 Å². The van der Waals surface area contributed by atoms with Crippen molar-refractivity contribution in [1.29, 1.82) is 0 Å². The van der Waals surface area contributed by atoms with Crippen LogP contribution in [0.1, 0.15) is 64.2 Å². The molecule has 1 saturated heterocycles. The highest BCUT2D eigenvalue weighted by Gasteiger charge is 2.15. The summed E-state index contributed by atoms with van der Waals surface area (Å²) in [7, 11) is 2.09. The van der Waals surface area contributed by atoms with Crippen LogP contribution < -0.4 is 5.32 Å². The zero-order chi connectivity index (χ0) is 13.1. The lowest BCUT2D eigenvalue weighted by Gasteiger charge is -2.24. The molecule has 106 valence electrons. The van der Waals surface area contributed by atoms with Crippen LogP contribution in [0.5, 0.6) is 0 Å². The molecule has 1 aliphatic heterocycles. The molecule has 0 aromatic carbocycles. The van der Waals surface area contributed by atoms with Crippen LogP contribution in [-0.2, 0) is 4.74 Å². The van der Waals surface area contributed by atoms with Crippen LogP contribution in [0.15, 0.2) is 12.7 Å². The second-order valence-electron chi connectivity index (χ2n) is 5.48. The molecule has 2 nitrogen and oxygen atoms in total. The first-order chi connectivity index (χ1) is 8.86. The predicted molar refractivity (Wildman–Crippen MR) is 79.0 cm³/mol. The predicted octanol–water partition coefficient (Wildman–Crippen LogP) is 4.06. The van der Waals surface area contributed by atoms with Gasteiger partial charge in [0.1, 0.15) is 0 Å². The van der Waals surface area contributed by atoms with E-state index in [1.165, 1.54) is 64.2 Å². The number of unbranched alkanes of at least 4 members (excludes halogenated alkanes) is 3. The Hall–Kier alpha value is -0.340. The smallest absolute Gasteiger partial charge is 0.0575 e. The molecule has 0 saturated carbocycles. The van der Waals surface area contributed by atoms with E-state index in [0.717, 1.165) is 6.61 Å². The van der Waals surface area contributed by atoms with Crippen molar-refractivity contribution in [3.8, 4) is 0 Å². The molecule has 0 bridgehead atoms. The molecule has 18 heavy (non-hydrogen) atoms. The van der Waals surface area contributed by atoms with Crippen LogP contribution in [0.25, 0.3) is 0 Å². The molecule has 0 aromatic rings. The topological polar surface area (TPSA) is 21.3 Å². The van der Waals surface area contributed by atoms with Crippen molar-refractivity contribution < 1.29 is 4.74 Å². The van der Waals surface area contributed by atoms with Crippen molar-refractivity contribution in [1.82, 2.24) is 5.32 Å². The lowest BCUT2D eigenvalue weighted by Crippen LogP contribution is -2.28. The average Bonchev–Trinajstić information content (AvgIpc) is 2.43. The normalized spacial score (nSPS) is 21.7. The van der Waals surface area contributed by atoms with E-state index in [4.69, 9.17) is 4.74 Å². The van der Waals surface area contributed by atoms with Gasteiger partial charge in [0.15, 0.2) is 0 Å². The van der Waals surface area contributed by atoms with E-state index in [1.807, 2.05) is 6.08 Å². The van der Waals surface area contributed by atoms with E-state index < -0.39 is 0 Å². The number of nitrogens with one attached hydrogen (secondary N) is 1. The molecule has 0 aromatic heterocycles. The summed E-state index contributed by atoms with van der Waals surface area (Å²) in [6, 6.07) is 0.680. The number of ether oxygens (including phenoxy) is 1. The van der Waals surface area contributed by atoms with Crippen LogP contribution in [0.3, 0.4) is 0 Å². The zero-order valence-corrected chi connectivity index (χ0v) is 12.1. The van der Waals surface area contributed by atoms with Gasteiger partial charge in [-0.05, 0) is 58.4 Å². The molecular weight excluding hydrogens is 222 g/mol. The van der Waals surface area contributed by atoms with Gasteiger partial charge in [-0.1, -0.05) is 18.9 Å². The first-order valence-corrected chi connectivity index (χ1v) is 7.76. The van der Waals surface area contributed by atoms with Crippen molar-refractivity contribution in [2.75, 3.05) is 13.7 Å². The molecule has 2 unspecified atom stereocenters. The monoisotopic (exact) mass is 253 g/mol. The van der Waals surface area contributed by atoms with Crippen LogP contribution in [0.2, 0.25) is 0 Å². The van der Waals surface area contributed by atoms with Crippen LogP contribution in [-0.4, -0.2) is 25.8 Å². The summed E-state index contributed by atoms with van der Waals surface area (Å²) < 4.78 is 5.79. The Bertz CT molecular complexity index is 199. The molecule has 2 heteroatoms. The minimum atomic E-state index is 0.537. The van der Waals surface area contributed by atoms with Crippen molar-refractivity contribution in [3.05, 3.63) is 12.7 Å². The summed E-state index contributed by atoms with van der Waals surface area (Å²) in [5.74, 6) is 0. The van der Waals surface area contributed by atoms with Gasteiger partial charge in [-0.3, -0.25) is 0 Å². The first-order valence-electron chi connectivity index (χ1n) is 7.76. The maximum Gasteiger partial charge on any atom is 0.0575 e. The lowest BCUT2D eigenvalue weighted by atomic mass is 9.98. The quantitative estimate of drug-likeness (QED) is 0.468. The Balaban J connectivity index is 2.03. The van der Waals surface area contributed by atoms with Gasteiger partial charge in [-0.15, -0.1) is 6.58 Å². The zero-order valence-electron chi connectivity index (χ0n) is 12.1. The van der Waals surface area contributed by atoms with Gasteiger partial charge in [0, 0.05) is 12.6 Å². The Labute approximate surface area is 113 Å². The molecule has 0 radical (unpaired) electrons. The number of hydrogen-bond acceptors (Lipinski definition) is 2. The molecule has 1 N–H and O–H groups in total. The van der Waals surface area contributed by atoms with Crippen molar-refractivity contribution in [2.45, 2.75) is 76.4 Å². The van der Waals surface area contributed by atoms with Gasteiger partial charge >= 0.3 is 0 Å². The van der Waals surface area contributed by atoms with Crippen molar-refractivity contribution in [2.24, 2.45) is 0 Å². The fourth-order valence-electron chi connectivity index (χ4n) is 2.71. The highest BCUT2D eigenvalue weighted by Crippen LogP contribution is 2.19. The average molecular weight is 253 g/mol. The molecule has 0 spiro atoms. The van der Waals surface area contributed by atoms with E-state index in [9.17, 15) is 0 Å². The van der Waals surface area contributed by atoms with E-state index >= 15 is 0 Å². The summed E-state index contributed by atoms with van der Waals surface area (Å²) in [4.78, 5) is 0. The van der Waals surface area contributed by atoms with Gasteiger partial charge in [0.2, 0.25) is 0 Å². The van der Waals surface area contributed by atoms with E-state index in [0.29, 0.717) is 12.1 Å². The van der Waals surface area contributed by atoms with Gasteiger partial charge < -0.3 is 10.1 Å². The molecule has 1 rings (SSSR count). The molecule has 0 amide bonds. The fourth-order valence-corrected chi connectivity index (χ4v) is 2.71. The van der Waals surface area contributed by atoms with E-state index in [1.54, 1.807) is 0 Å². The van der Waals surface area contributed by atoms with Gasteiger partial charge in [-0.25, -0.2) is 0 Å². The van der Waals surface area contributed by atoms with Crippen molar-refractivity contribution in [3.63, 3.8) is 0 Å². The highest BCUT2D eigenvalue weighted by atomic mass is 16.5. The summed E-state index contributed by atoms with van der Waals surface area (Å²) >= 11 is 0. The molecular formula is C16H31NO. The Morgan fingerprint density at radius 3 is 2.83 bits per heavy atom. The number of allylic oxidation sites excluding steroid dienone is 1. The third kappa shape index (κ3) is 7.17. The molecule has 1 aliphatic rings. The maximum absolute atomic E-state index is 5.79. The van der Waals surface area contributed by atoms with Crippen LogP contribution in [0, 0.1) is 0 Å². The van der Waals surface area contributed by atoms with Gasteiger partial charge in [0.25, 0.3) is 0 Å². The second-order valence-corrected chi connectivity index (χ2v) is 5.48. The molecule has 1 fully saturated rings. The maximum atomic E-state index is 5.79.